The summed E-state index contributed by atoms with van der Waals surface area (Å²) in [7, 11) is 0. The van der Waals surface area contributed by atoms with Crippen molar-refractivity contribution >= 4 is 22.6 Å². The number of alkyl halides is 1. The first-order chi connectivity index (χ1) is 10.8. The van der Waals surface area contributed by atoms with Crippen LogP contribution in [0.15, 0.2) is 18.6 Å². The number of aliphatic hydroxyl groups is 1. The molecule has 8 heteroatoms. The highest BCUT2D eigenvalue weighted by Crippen LogP contribution is 2.55. The van der Waals surface area contributed by atoms with Crippen LogP contribution in [0.2, 0.25) is 5.15 Å². The molecule has 1 saturated carbocycles. The molecule has 23 heavy (non-hydrogen) atoms. The van der Waals surface area contributed by atoms with E-state index in [1.54, 1.807) is 30.7 Å². The third-order valence-corrected chi connectivity index (χ3v) is 5.01. The van der Waals surface area contributed by atoms with Crippen LogP contribution >= 0.6 is 11.6 Å². The summed E-state index contributed by atoms with van der Waals surface area (Å²) in [6, 6.07) is 1.77. The van der Waals surface area contributed by atoms with E-state index in [4.69, 9.17) is 21.1 Å². The molecular weight excluding hydrogens is 325 g/mol. The van der Waals surface area contributed by atoms with E-state index in [-0.39, 0.29) is 6.42 Å². The van der Waals surface area contributed by atoms with Crippen molar-refractivity contribution in [3.63, 3.8) is 0 Å². The van der Waals surface area contributed by atoms with Gasteiger partial charge >= 0.3 is 0 Å². The van der Waals surface area contributed by atoms with Crippen molar-refractivity contribution in [2.45, 2.75) is 50.0 Å². The summed E-state index contributed by atoms with van der Waals surface area (Å²) in [6.07, 6.45) is 2.69. The molecule has 0 aromatic carbocycles. The lowest BCUT2D eigenvalue weighted by Gasteiger charge is -2.32. The predicted octanol–water partition coefficient (Wildman–Crippen LogP) is 2.38. The smallest absolute Gasteiger partial charge is 0.179 e. The van der Waals surface area contributed by atoms with E-state index in [0.29, 0.717) is 22.6 Å². The molecule has 4 rings (SSSR count). The molecule has 0 radical (unpaired) electrons. The Morgan fingerprint density at radius 1 is 1.43 bits per heavy atom. The fraction of sp³-hybridized carbons (Fsp3) is 0.600. The highest BCUT2D eigenvalue weighted by atomic mass is 35.5. The lowest BCUT2D eigenvalue weighted by Crippen LogP contribution is -2.48. The Morgan fingerprint density at radius 3 is 2.96 bits per heavy atom. The summed E-state index contributed by atoms with van der Waals surface area (Å²) in [5.74, 6) is -0.967. The Morgan fingerprint density at radius 2 is 2.22 bits per heavy atom. The maximum atomic E-state index is 15.1. The van der Waals surface area contributed by atoms with E-state index < -0.39 is 29.9 Å². The first-order valence-corrected chi connectivity index (χ1v) is 7.85. The second kappa shape index (κ2) is 4.63. The first-order valence-electron chi connectivity index (χ1n) is 7.47. The molecule has 1 aliphatic carbocycles. The fourth-order valence-corrected chi connectivity index (χ4v) is 3.96. The number of aliphatic hydroxyl groups excluding tert-OH is 1. The molecule has 1 N–H and O–H groups in total. The third-order valence-electron chi connectivity index (χ3n) is 4.71. The normalized spacial score (nSPS) is 35.8. The number of nitrogens with zero attached hydrogens (tertiary/aromatic N) is 3. The highest BCUT2D eigenvalue weighted by Gasteiger charge is 2.68. The minimum absolute atomic E-state index is 0.142. The average molecular weight is 342 g/mol. The molecule has 1 saturated heterocycles. The number of hydrogen-bond acceptors (Lipinski definition) is 5. The topological polar surface area (TPSA) is 69.4 Å². The summed E-state index contributed by atoms with van der Waals surface area (Å²) < 4.78 is 28.9. The Labute approximate surface area is 137 Å². The van der Waals surface area contributed by atoms with Crippen LogP contribution in [0.5, 0.6) is 0 Å². The maximum Gasteiger partial charge on any atom is 0.179 e. The van der Waals surface area contributed by atoms with Crippen molar-refractivity contribution in [1.82, 2.24) is 14.5 Å². The van der Waals surface area contributed by atoms with E-state index in [0.717, 1.165) is 0 Å². The Balaban J connectivity index is 1.92. The Kier molecular flexibility index (Phi) is 3.07. The van der Waals surface area contributed by atoms with Gasteiger partial charge in [0.25, 0.3) is 0 Å². The molecule has 0 amide bonds. The molecule has 2 aliphatic rings. The molecule has 2 fully saturated rings. The van der Waals surface area contributed by atoms with Gasteiger partial charge < -0.3 is 19.1 Å². The van der Waals surface area contributed by atoms with E-state index >= 15 is 4.39 Å². The molecule has 6 nitrogen and oxygen atoms in total. The Hall–Kier alpha value is -1.28. The van der Waals surface area contributed by atoms with Crippen LogP contribution in [0.3, 0.4) is 0 Å². The fourth-order valence-electron chi connectivity index (χ4n) is 3.77. The van der Waals surface area contributed by atoms with Crippen molar-refractivity contribution in [1.29, 1.82) is 0 Å². The zero-order valence-electron chi connectivity index (χ0n) is 12.8. The summed E-state index contributed by atoms with van der Waals surface area (Å²) in [4.78, 5) is 8.23. The molecule has 0 spiro atoms. The summed E-state index contributed by atoms with van der Waals surface area (Å²) >= 11 is 6.11. The number of ether oxygens (including phenoxy) is 2. The lowest BCUT2D eigenvalue weighted by molar-refractivity contribution is -0.191. The SMILES string of the molecule is CC1(C)O[C@@H]2[C@@](F)(CO)CC[C@]2(n2ccc3c(Cl)ncnc32)O1. The standard InChI is InChI=1S/C15H17ClFN3O3/c1-13(2)22-12-14(17,7-21)4-5-15(12,23-13)20-6-3-9-10(16)18-8-19-11(9)20/h3,6,8,12,21H,4-5,7H2,1-2H3/t12-,14+,15+/m1/s1. The number of fused-ring (bicyclic) bond motifs is 2. The predicted molar refractivity (Wildman–Crippen MR) is 80.7 cm³/mol. The van der Waals surface area contributed by atoms with Crippen LogP contribution in [0.4, 0.5) is 4.39 Å². The van der Waals surface area contributed by atoms with Crippen molar-refractivity contribution in [3.05, 3.63) is 23.7 Å². The number of hydrogen-bond donors (Lipinski definition) is 1. The van der Waals surface area contributed by atoms with E-state index in [2.05, 4.69) is 9.97 Å². The van der Waals surface area contributed by atoms with Gasteiger partial charge in [0.2, 0.25) is 0 Å². The second-order valence-electron chi connectivity index (χ2n) is 6.62. The van der Waals surface area contributed by atoms with Crippen molar-refractivity contribution in [2.24, 2.45) is 0 Å². The monoisotopic (exact) mass is 341 g/mol. The molecule has 124 valence electrons. The Bertz CT molecular complexity index is 782. The maximum absolute atomic E-state index is 15.1. The van der Waals surface area contributed by atoms with Crippen LogP contribution in [0.1, 0.15) is 26.7 Å². The summed E-state index contributed by atoms with van der Waals surface area (Å²) in [5.41, 5.74) is -2.37. The summed E-state index contributed by atoms with van der Waals surface area (Å²) in [5, 5.41) is 10.5. The van der Waals surface area contributed by atoms with Gasteiger partial charge in [-0.25, -0.2) is 14.4 Å². The number of halogens is 2. The van der Waals surface area contributed by atoms with Crippen LogP contribution in [0, 0.1) is 0 Å². The van der Waals surface area contributed by atoms with Crippen LogP contribution in [-0.4, -0.2) is 43.8 Å². The lowest BCUT2D eigenvalue weighted by atomic mass is 10.0. The quantitative estimate of drug-likeness (QED) is 0.849. The van der Waals surface area contributed by atoms with Gasteiger partial charge in [-0.1, -0.05) is 11.6 Å². The molecule has 0 unspecified atom stereocenters. The largest absolute Gasteiger partial charge is 0.393 e. The van der Waals surface area contributed by atoms with Crippen molar-refractivity contribution in [2.75, 3.05) is 6.61 Å². The molecular formula is C15H17ClFN3O3. The molecule has 1 aliphatic heterocycles. The molecule has 2 aromatic rings. The van der Waals surface area contributed by atoms with Gasteiger partial charge in [0, 0.05) is 12.6 Å². The van der Waals surface area contributed by atoms with Gasteiger partial charge in [-0.15, -0.1) is 0 Å². The van der Waals surface area contributed by atoms with Gasteiger partial charge in [-0.2, -0.15) is 0 Å². The second-order valence-corrected chi connectivity index (χ2v) is 6.98. The average Bonchev–Trinajstić information content (AvgIpc) is 3.12. The number of aromatic nitrogens is 3. The first kappa shape index (κ1) is 15.3. The van der Waals surface area contributed by atoms with Crippen molar-refractivity contribution in [3.8, 4) is 0 Å². The molecule has 3 heterocycles. The van der Waals surface area contributed by atoms with Crippen LogP contribution in [0.25, 0.3) is 11.0 Å². The van der Waals surface area contributed by atoms with Gasteiger partial charge in [-0.05, 0) is 26.3 Å². The van der Waals surface area contributed by atoms with Gasteiger partial charge in [0.1, 0.15) is 23.2 Å². The zero-order chi connectivity index (χ0) is 16.5. The van der Waals surface area contributed by atoms with E-state index in [1.165, 1.54) is 6.33 Å². The van der Waals surface area contributed by atoms with Crippen molar-refractivity contribution < 1.29 is 19.0 Å². The van der Waals surface area contributed by atoms with E-state index in [1.807, 2.05) is 0 Å². The molecule has 3 atom stereocenters. The minimum Gasteiger partial charge on any atom is -0.393 e. The summed E-state index contributed by atoms with van der Waals surface area (Å²) in [6.45, 7) is 2.85. The van der Waals surface area contributed by atoms with Gasteiger partial charge in [0.05, 0.1) is 12.0 Å². The van der Waals surface area contributed by atoms with Gasteiger partial charge in [0.15, 0.2) is 17.2 Å². The highest BCUT2D eigenvalue weighted by molar-refractivity contribution is 6.33. The molecule has 0 bridgehead atoms. The third kappa shape index (κ3) is 1.97. The van der Waals surface area contributed by atoms with Crippen LogP contribution < -0.4 is 0 Å². The van der Waals surface area contributed by atoms with Crippen LogP contribution in [-0.2, 0) is 15.2 Å². The van der Waals surface area contributed by atoms with Gasteiger partial charge in [-0.3, -0.25) is 0 Å². The van der Waals surface area contributed by atoms with E-state index in [9.17, 15) is 5.11 Å². The minimum atomic E-state index is -1.86. The molecule has 2 aromatic heterocycles. The zero-order valence-corrected chi connectivity index (χ0v) is 13.5. The number of rotatable bonds is 2.